The summed E-state index contributed by atoms with van der Waals surface area (Å²) in [5.74, 6) is 0.867. The van der Waals surface area contributed by atoms with Gasteiger partial charge in [-0.05, 0) is 24.2 Å². The predicted molar refractivity (Wildman–Crippen MR) is 68.2 cm³/mol. The number of rotatable bonds is 8. The Morgan fingerprint density at radius 2 is 2.18 bits per heavy atom. The topological polar surface area (TPSA) is 79.9 Å². The SMILES string of the molecule is COCC(NCC1(CC(N)=NO)CC1)C(C)C. The van der Waals surface area contributed by atoms with Crippen LogP contribution >= 0.6 is 0 Å². The van der Waals surface area contributed by atoms with Crippen LogP contribution < -0.4 is 11.1 Å². The summed E-state index contributed by atoms with van der Waals surface area (Å²) in [4.78, 5) is 0. The lowest BCUT2D eigenvalue weighted by Gasteiger charge is -2.24. The van der Waals surface area contributed by atoms with Gasteiger partial charge >= 0.3 is 0 Å². The smallest absolute Gasteiger partial charge is 0.139 e. The summed E-state index contributed by atoms with van der Waals surface area (Å²) >= 11 is 0. The fraction of sp³-hybridized carbons (Fsp3) is 0.917. The maximum Gasteiger partial charge on any atom is 0.139 e. The van der Waals surface area contributed by atoms with E-state index >= 15 is 0 Å². The molecule has 1 aliphatic rings. The van der Waals surface area contributed by atoms with E-state index < -0.39 is 0 Å². The molecule has 4 N–H and O–H groups in total. The molecule has 0 bridgehead atoms. The van der Waals surface area contributed by atoms with Gasteiger partial charge in [0.2, 0.25) is 0 Å². The first kappa shape index (κ1) is 14.3. The van der Waals surface area contributed by atoms with Crippen molar-refractivity contribution in [3.05, 3.63) is 0 Å². The van der Waals surface area contributed by atoms with Crippen LogP contribution in [0.15, 0.2) is 5.16 Å². The van der Waals surface area contributed by atoms with Gasteiger partial charge in [-0.1, -0.05) is 19.0 Å². The molecule has 1 rings (SSSR count). The van der Waals surface area contributed by atoms with E-state index in [1.165, 1.54) is 0 Å². The lowest BCUT2D eigenvalue weighted by Crippen LogP contribution is -2.41. The number of ether oxygens (including phenoxy) is 1. The van der Waals surface area contributed by atoms with Gasteiger partial charge in [-0.15, -0.1) is 0 Å². The molecule has 1 atom stereocenters. The van der Waals surface area contributed by atoms with Gasteiger partial charge in [-0.3, -0.25) is 0 Å². The highest BCUT2D eigenvalue weighted by molar-refractivity contribution is 5.80. The Morgan fingerprint density at radius 1 is 1.53 bits per heavy atom. The number of hydrogen-bond acceptors (Lipinski definition) is 4. The second kappa shape index (κ2) is 6.21. The molecular weight excluding hydrogens is 218 g/mol. The van der Waals surface area contributed by atoms with E-state index in [0.717, 1.165) is 26.0 Å². The number of hydrogen-bond donors (Lipinski definition) is 3. The molecule has 0 radical (unpaired) electrons. The monoisotopic (exact) mass is 243 g/mol. The van der Waals surface area contributed by atoms with Crippen LogP contribution in [0.5, 0.6) is 0 Å². The fourth-order valence-corrected chi connectivity index (χ4v) is 2.03. The van der Waals surface area contributed by atoms with Crippen molar-refractivity contribution in [2.75, 3.05) is 20.3 Å². The predicted octanol–water partition coefficient (Wildman–Crippen LogP) is 1.16. The van der Waals surface area contributed by atoms with E-state index in [1.807, 2.05) is 0 Å². The molecule has 1 unspecified atom stereocenters. The van der Waals surface area contributed by atoms with Crippen LogP contribution in [0.25, 0.3) is 0 Å². The molecule has 0 saturated heterocycles. The van der Waals surface area contributed by atoms with Gasteiger partial charge < -0.3 is 21.0 Å². The number of methoxy groups -OCH3 is 1. The van der Waals surface area contributed by atoms with Gasteiger partial charge in [0.25, 0.3) is 0 Å². The number of oxime groups is 1. The highest BCUT2D eigenvalue weighted by Crippen LogP contribution is 2.48. The zero-order valence-corrected chi connectivity index (χ0v) is 11.1. The van der Waals surface area contributed by atoms with Crippen LogP contribution in [0, 0.1) is 11.3 Å². The number of nitrogens with one attached hydrogen (secondary N) is 1. The van der Waals surface area contributed by atoms with Gasteiger partial charge in [-0.25, -0.2) is 0 Å². The van der Waals surface area contributed by atoms with Crippen LogP contribution in [-0.2, 0) is 4.74 Å². The molecular formula is C12H25N3O2. The molecule has 100 valence electrons. The zero-order chi connectivity index (χ0) is 12.9. The third-order valence-electron chi connectivity index (χ3n) is 3.53. The number of amidine groups is 1. The van der Waals surface area contributed by atoms with Gasteiger partial charge in [0, 0.05) is 26.1 Å². The maximum absolute atomic E-state index is 8.60. The number of nitrogens with two attached hydrogens (primary N) is 1. The van der Waals surface area contributed by atoms with Crippen molar-refractivity contribution in [3.8, 4) is 0 Å². The Labute approximate surface area is 103 Å². The standard InChI is InChI=1S/C12H25N3O2/c1-9(2)10(7-17-3)14-8-12(4-5-12)6-11(13)15-16/h9-10,14,16H,4-8H2,1-3H3,(H2,13,15). The molecule has 0 heterocycles. The molecule has 0 aromatic rings. The minimum absolute atomic E-state index is 0.206. The molecule has 0 amide bonds. The van der Waals surface area contributed by atoms with Gasteiger partial charge in [0.15, 0.2) is 0 Å². The molecule has 17 heavy (non-hydrogen) atoms. The Morgan fingerprint density at radius 3 is 2.59 bits per heavy atom. The van der Waals surface area contributed by atoms with Gasteiger partial charge in [0.05, 0.1) is 6.61 Å². The van der Waals surface area contributed by atoms with Crippen molar-refractivity contribution in [1.82, 2.24) is 5.32 Å². The summed E-state index contributed by atoms with van der Waals surface area (Å²) < 4.78 is 5.20. The van der Waals surface area contributed by atoms with Crippen LogP contribution in [0.1, 0.15) is 33.1 Å². The average Bonchev–Trinajstić information content (AvgIpc) is 3.04. The van der Waals surface area contributed by atoms with Crippen molar-refractivity contribution in [3.63, 3.8) is 0 Å². The van der Waals surface area contributed by atoms with Gasteiger partial charge in [0.1, 0.15) is 5.84 Å². The Bertz CT molecular complexity index is 262. The molecule has 1 fully saturated rings. The lowest BCUT2D eigenvalue weighted by atomic mass is 9.99. The highest BCUT2D eigenvalue weighted by atomic mass is 16.5. The van der Waals surface area contributed by atoms with Crippen LogP contribution in [0.4, 0.5) is 0 Å². The largest absolute Gasteiger partial charge is 0.409 e. The van der Waals surface area contributed by atoms with Crippen molar-refractivity contribution in [2.24, 2.45) is 22.2 Å². The summed E-state index contributed by atoms with van der Waals surface area (Å²) in [6, 6.07) is 0.366. The van der Waals surface area contributed by atoms with Crippen molar-refractivity contribution >= 4 is 5.84 Å². The molecule has 0 spiro atoms. The Hall–Kier alpha value is -0.810. The van der Waals surface area contributed by atoms with E-state index in [9.17, 15) is 0 Å². The third-order valence-corrected chi connectivity index (χ3v) is 3.53. The molecule has 5 nitrogen and oxygen atoms in total. The Kier molecular flexibility index (Phi) is 5.21. The zero-order valence-electron chi connectivity index (χ0n) is 11.1. The Balaban J connectivity index is 2.38. The van der Waals surface area contributed by atoms with Crippen LogP contribution in [-0.4, -0.2) is 37.3 Å². The molecule has 5 heteroatoms. The minimum atomic E-state index is 0.206. The summed E-state index contributed by atoms with van der Waals surface area (Å²) in [5.41, 5.74) is 5.78. The van der Waals surface area contributed by atoms with Crippen LogP contribution in [0.3, 0.4) is 0 Å². The lowest BCUT2D eigenvalue weighted by molar-refractivity contribution is 0.143. The molecule has 0 aromatic heterocycles. The van der Waals surface area contributed by atoms with Gasteiger partial charge in [-0.2, -0.15) is 0 Å². The summed E-state index contributed by atoms with van der Waals surface area (Å²) in [7, 11) is 1.72. The van der Waals surface area contributed by atoms with E-state index in [2.05, 4.69) is 24.3 Å². The fourth-order valence-electron chi connectivity index (χ4n) is 2.03. The number of nitrogens with zero attached hydrogens (tertiary/aromatic N) is 1. The first-order chi connectivity index (χ1) is 8.03. The maximum atomic E-state index is 8.60. The summed E-state index contributed by atoms with van der Waals surface area (Å²) in [6.45, 7) is 5.99. The molecule has 1 saturated carbocycles. The van der Waals surface area contributed by atoms with Crippen molar-refractivity contribution in [2.45, 2.75) is 39.2 Å². The normalized spacial score (nSPS) is 20.6. The first-order valence-electron chi connectivity index (χ1n) is 6.22. The third kappa shape index (κ3) is 4.52. The highest BCUT2D eigenvalue weighted by Gasteiger charge is 2.43. The molecule has 0 aromatic carbocycles. The second-order valence-corrected chi connectivity index (χ2v) is 5.45. The van der Waals surface area contributed by atoms with E-state index in [1.54, 1.807) is 7.11 Å². The second-order valence-electron chi connectivity index (χ2n) is 5.45. The summed E-state index contributed by atoms with van der Waals surface area (Å²) in [6.07, 6.45) is 2.97. The van der Waals surface area contributed by atoms with Crippen LogP contribution in [0.2, 0.25) is 0 Å². The van der Waals surface area contributed by atoms with Crippen molar-refractivity contribution < 1.29 is 9.94 Å². The minimum Gasteiger partial charge on any atom is -0.409 e. The molecule has 1 aliphatic carbocycles. The first-order valence-corrected chi connectivity index (χ1v) is 6.22. The van der Waals surface area contributed by atoms with E-state index in [-0.39, 0.29) is 5.41 Å². The quantitative estimate of drug-likeness (QED) is 0.259. The molecule has 0 aliphatic heterocycles. The average molecular weight is 243 g/mol. The van der Waals surface area contributed by atoms with E-state index in [4.69, 9.17) is 15.7 Å². The summed E-state index contributed by atoms with van der Waals surface area (Å²) in [5, 5.41) is 15.2. The van der Waals surface area contributed by atoms with E-state index in [0.29, 0.717) is 24.2 Å². The van der Waals surface area contributed by atoms with Crippen molar-refractivity contribution in [1.29, 1.82) is 0 Å².